The van der Waals surface area contributed by atoms with Gasteiger partial charge in [-0.05, 0) is 24.8 Å². The number of carbonyl (C=O) groups excluding carboxylic acids is 1. The van der Waals surface area contributed by atoms with Crippen LogP contribution in [0.2, 0.25) is 0 Å². The lowest BCUT2D eigenvalue weighted by molar-refractivity contribution is -0.118. The van der Waals surface area contributed by atoms with Crippen LogP contribution in [0.25, 0.3) is 10.2 Å². The average Bonchev–Trinajstić information content (AvgIpc) is 2.81. The summed E-state index contributed by atoms with van der Waals surface area (Å²) in [6, 6.07) is 5.97. The number of aromatic nitrogens is 1. The third-order valence-electron chi connectivity index (χ3n) is 3.09. The van der Waals surface area contributed by atoms with Gasteiger partial charge in [0.2, 0.25) is 5.91 Å². The first kappa shape index (κ1) is 16.1. The molecule has 21 heavy (non-hydrogen) atoms. The lowest BCUT2D eigenvalue weighted by Gasteiger charge is -2.05. The van der Waals surface area contributed by atoms with Gasteiger partial charge in [0.15, 0.2) is 4.80 Å². The quantitative estimate of drug-likeness (QED) is 0.819. The summed E-state index contributed by atoms with van der Waals surface area (Å²) in [6.07, 6.45) is 3.40. The van der Waals surface area contributed by atoms with Crippen molar-refractivity contribution in [1.29, 1.82) is 0 Å². The van der Waals surface area contributed by atoms with Crippen LogP contribution in [-0.2, 0) is 11.3 Å². The number of rotatable bonds is 6. The van der Waals surface area contributed by atoms with Gasteiger partial charge in [0.1, 0.15) is 5.75 Å². The van der Waals surface area contributed by atoms with Gasteiger partial charge in [-0.3, -0.25) is 4.79 Å². The van der Waals surface area contributed by atoms with E-state index in [1.54, 1.807) is 30.2 Å². The van der Waals surface area contributed by atoms with Crippen LogP contribution < -0.4 is 9.54 Å². The number of aryl methyl sites for hydroxylation is 1. The fourth-order valence-electron chi connectivity index (χ4n) is 2.04. The first-order valence-corrected chi connectivity index (χ1v) is 9.14. The maximum absolute atomic E-state index is 11.8. The first-order valence-electron chi connectivity index (χ1n) is 6.93. The SMILES string of the molecule is CCCC(=O)N=c1sc2ccc(OC)cc2n1CCSC. The molecule has 1 aromatic heterocycles. The number of ether oxygens (including phenoxy) is 1. The van der Waals surface area contributed by atoms with Gasteiger partial charge in [-0.2, -0.15) is 16.8 Å². The average molecular weight is 324 g/mol. The molecule has 0 saturated carbocycles. The Kier molecular flexibility index (Phi) is 5.87. The van der Waals surface area contributed by atoms with Crippen molar-refractivity contribution in [3.63, 3.8) is 0 Å². The monoisotopic (exact) mass is 324 g/mol. The molecule has 0 radical (unpaired) electrons. The molecule has 0 saturated heterocycles. The predicted molar refractivity (Wildman–Crippen MR) is 90.2 cm³/mol. The van der Waals surface area contributed by atoms with Crippen molar-refractivity contribution in [3.05, 3.63) is 23.0 Å². The zero-order valence-corrected chi connectivity index (χ0v) is 14.2. The molecule has 0 bridgehead atoms. The molecule has 0 spiro atoms. The number of carbonyl (C=O) groups is 1. The van der Waals surface area contributed by atoms with Crippen molar-refractivity contribution in [3.8, 4) is 5.75 Å². The molecule has 2 aromatic rings. The number of methoxy groups -OCH3 is 1. The smallest absolute Gasteiger partial charge is 0.248 e. The second-order valence-electron chi connectivity index (χ2n) is 4.62. The molecule has 0 unspecified atom stereocenters. The molecule has 0 aliphatic rings. The second-order valence-corrected chi connectivity index (χ2v) is 6.61. The van der Waals surface area contributed by atoms with Crippen LogP contribution in [0.3, 0.4) is 0 Å². The first-order chi connectivity index (χ1) is 10.2. The highest BCUT2D eigenvalue weighted by Gasteiger charge is 2.08. The third kappa shape index (κ3) is 3.89. The lowest BCUT2D eigenvalue weighted by Crippen LogP contribution is -2.18. The van der Waals surface area contributed by atoms with E-state index in [2.05, 4.69) is 15.8 Å². The van der Waals surface area contributed by atoms with Gasteiger partial charge < -0.3 is 9.30 Å². The van der Waals surface area contributed by atoms with E-state index < -0.39 is 0 Å². The van der Waals surface area contributed by atoms with Crippen LogP contribution >= 0.6 is 23.1 Å². The minimum absolute atomic E-state index is 0.0473. The van der Waals surface area contributed by atoms with E-state index in [1.807, 2.05) is 25.1 Å². The molecule has 0 atom stereocenters. The van der Waals surface area contributed by atoms with Crippen LogP contribution in [0.5, 0.6) is 5.75 Å². The van der Waals surface area contributed by atoms with Crippen LogP contribution in [0.15, 0.2) is 23.2 Å². The normalized spacial score (nSPS) is 12.0. The van der Waals surface area contributed by atoms with Crippen molar-refractivity contribution >= 4 is 39.2 Å². The topological polar surface area (TPSA) is 43.6 Å². The fourth-order valence-corrected chi connectivity index (χ4v) is 3.46. The van der Waals surface area contributed by atoms with E-state index in [-0.39, 0.29) is 5.91 Å². The second kappa shape index (κ2) is 7.66. The number of hydrogen-bond donors (Lipinski definition) is 0. The molecular weight excluding hydrogens is 304 g/mol. The highest BCUT2D eigenvalue weighted by molar-refractivity contribution is 7.98. The van der Waals surface area contributed by atoms with Gasteiger partial charge in [0.05, 0.1) is 17.3 Å². The Morgan fingerprint density at radius 1 is 1.48 bits per heavy atom. The van der Waals surface area contributed by atoms with E-state index in [1.165, 1.54) is 0 Å². The molecule has 1 heterocycles. The van der Waals surface area contributed by atoms with Gasteiger partial charge in [-0.1, -0.05) is 18.3 Å². The minimum Gasteiger partial charge on any atom is -0.497 e. The van der Waals surface area contributed by atoms with Gasteiger partial charge in [0, 0.05) is 24.8 Å². The zero-order valence-electron chi connectivity index (χ0n) is 12.6. The largest absolute Gasteiger partial charge is 0.497 e. The Bertz CT molecular complexity index is 689. The molecule has 114 valence electrons. The highest BCUT2D eigenvalue weighted by atomic mass is 32.2. The number of amides is 1. The Hall–Kier alpha value is -1.27. The zero-order chi connectivity index (χ0) is 15.2. The molecular formula is C15H20N2O2S2. The number of benzene rings is 1. The maximum atomic E-state index is 11.8. The lowest BCUT2D eigenvalue weighted by atomic mass is 10.3. The number of thiazole rings is 1. The van der Waals surface area contributed by atoms with E-state index >= 15 is 0 Å². The molecule has 4 nitrogen and oxygen atoms in total. The summed E-state index contributed by atoms with van der Waals surface area (Å²) in [5.41, 5.74) is 1.08. The number of hydrogen-bond acceptors (Lipinski definition) is 4. The molecule has 0 aliphatic carbocycles. The third-order valence-corrected chi connectivity index (χ3v) is 4.74. The van der Waals surface area contributed by atoms with Gasteiger partial charge >= 0.3 is 0 Å². The molecule has 0 N–H and O–H groups in total. The van der Waals surface area contributed by atoms with Gasteiger partial charge in [-0.25, -0.2) is 0 Å². The van der Waals surface area contributed by atoms with Crippen LogP contribution in [0, 0.1) is 0 Å². The Labute approximate surface area is 132 Å². The standard InChI is InChI=1S/C15H20N2O2S2/c1-4-5-14(18)16-15-17(8-9-20-3)12-10-11(19-2)6-7-13(12)21-15/h6-7,10H,4-5,8-9H2,1-3H3. The molecule has 1 aromatic carbocycles. The summed E-state index contributed by atoms with van der Waals surface area (Å²) >= 11 is 3.34. The Morgan fingerprint density at radius 3 is 2.95 bits per heavy atom. The van der Waals surface area contributed by atoms with Gasteiger partial charge in [-0.15, -0.1) is 0 Å². The van der Waals surface area contributed by atoms with Crippen molar-refractivity contribution in [2.75, 3.05) is 19.1 Å². The number of nitrogens with zero attached hydrogens (tertiary/aromatic N) is 2. The van der Waals surface area contributed by atoms with Crippen LogP contribution in [0.1, 0.15) is 19.8 Å². The van der Waals surface area contributed by atoms with E-state index in [9.17, 15) is 4.79 Å². The predicted octanol–water partition coefficient (Wildman–Crippen LogP) is 3.30. The van der Waals surface area contributed by atoms with Crippen LogP contribution in [0.4, 0.5) is 0 Å². The molecule has 0 fully saturated rings. The summed E-state index contributed by atoms with van der Waals surface area (Å²) in [6.45, 7) is 2.83. The maximum Gasteiger partial charge on any atom is 0.248 e. The minimum atomic E-state index is -0.0473. The van der Waals surface area contributed by atoms with Crippen molar-refractivity contribution in [2.45, 2.75) is 26.3 Å². The highest BCUT2D eigenvalue weighted by Crippen LogP contribution is 2.23. The number of fused-ring (bicyclic) bond motifs is 1. The summed E-state index contributed by atoms with van der Waals surface area (Å²) in [7, 11) is 1.66. The van der Waals surface area contributed by atoms with E-state index in [0.717, 1.165) is 39.5 Å². The van der Waals surface area contributed by atoms with Crippen molar-refractivity contribution in [1.82, 2.24) is 4.57 Å². The van der Waals surface area contributed by atoms with Crippen LogP contribution in [-0.4, -0.2) is 29.6 Å². The number of thioether (sulfide) groups is 1. The molecule has 1 amide bonds. The Morgan fingerprint density at radius 2 is 2.29 bits per heavy atom. The van der Waals surface area contributed by atoms with Gasteiger partial charge in [0.25, 0.3) is 0 Å². The summed E-state index contributed by atoms with van der Waals surface area (Å²) in [5, 5.41) is 0. The summed E-state index contributed by atoms with van der Waals surface area (Å²) in [4.78, 5) is 16.9. The van der Waals surface area contributed by atoms with E-state index in [0.29, 0.717) is 6.42 Å². The fraction of sp³-hybridized carbons (Fsp3) is 0.467. The Balaban J connectivity index is 2.55. The molecule has 0 aliphatic heterocycles. The molecule has 2 rings (SSSR count). The summed E-state index contributed by atoms with van der Waals surface area (Å²) in [5.74, 6) is 1.76. The van der Waals surface area contributed by atoms with Crippen molar-refractivity contribution < 1.29 is 9.53 Å². The molecule has 6 heteroatoms. The van der Waals surface area contributed by atoms with E-state index in [4.69, 9.17) is 4.74 Å². The van der Waals surface area contributed by atoms with Crippen molar-refractivity contribution in [2.24, 2.45) is 4.99 Å². The summed E-state index contributed by atoms with van der Waals surface area (Å²) < 4.78 is 8.54.